The number of nitrogens with one attached hydrogen (secondary N) is 1. The van der Waals surface area contributed by atoms with Crippen molar-refractivity contribution in [1.82, 2.24) is 10.2 Å². The van der Waals surface area contributed by atoms with Crippen molar-refractivity contribution in [3.05, 3.63) is 29.8 Å². The fraction of sp³-hybridized carbons (Fsp3) is 0.571. The van der Waals surface area contributed by atoms with Crippen LogP contribution in [0.15, 0.2) is 24.3 Å². The molecule has 17 heavy (non-hydrogen) atoms. The van der Waals surface area contributed by atoms with E-state index in [1.54, 1.807) is 7.11 Å². The van der Waals surface area contributed by atoms with E-state index in [-0.39, 0.29) is 0 Å². The SMILES string of the molecule is COc1cccc(C2CNC[C@@H]3CCCN23)c1. The van der Waals surface area contributed by atoms with E-state index >= 15 is 0 Å². The molecule has 1 N–H and O–H groups in total. The van der Waals surface area contributed by atoms with Gasteiger partial charge in [0.15, 0.2) is 0 Å². The lowest BCUT2D eigenvalue weighted by molar-refractivity contribution is 0.138. The van der Waals surface area contributed by atoms with Gasteiger partial charge in [0.2, 0.25) is 0 Å². The van der Waals surface area contributed by atoms with Gasteiger partial charge in [-0.15, -0.1) is 0 Å². The number of fused-ring (bicyclic) bond motifs is 1. The van der Waals surface area contributed by atoms with Crippen LogP contribution in [0.1, 0.15) is 24.4 Å². The molecule has 2 fully saturated rings. The summed E-state index contributed by atoms with van der Waals surface area (Å²) < 4.78 is 5.32. The number of methoxy groups -OCH3 is 1. The molecule has 92 valence electrons. The molecule has 3 rings (SSSR count). The van der Waals surface area contributed by atoms with Crippen molar-refractivity contribution < 1.29 is 4.74 Å². The van der Waals surface area contributed by atoms with E-state index in [4.69, 9.17) is 4.74 Å². The highest BCUT2D eigenvalue weighted by Crippen LogP contribution is 2.32. The molecule has 2 aliphatic rings. The third kappa shape index (κ3) is 2.05. The Bertz CT molecular complexity index is 394. The predicted molar refractivity (Wildman–Crippen MR) is 68.3 cm³/mol. The first kappa shape index (κ1) is 11.1. The molecule has 0 aromatic heterocycles. The second kappa shape index (κ2) is 4.67. The Hall–Kier alpha value is -1.06. The summed E-state index contributed by atoms with van der Waals surface area (Å²) in [6.45, 7) is 3.46. The van der Waals surface area contributed by atoms with Crippen LogP contribution in [0.4, 0.5) is 0 Å². The number of ether oxygens (including phenoxy) is 1. The summed E-state index contributed by atoms with van der Waals surface area (Å²) in [6, 6.07) is 9.75. The molecule has 3 heteroatoms. The van der Waals surface area contributed by atoms with Crippen LogP contribution in [0, 0.1) is 0 Å². The summed E-state index contributed by atoms with van der Waals surface area (Å²) in [7, 11) is 1.73. The number of benzene rings is 1. The second-order valence-electron chi connectivity index (χ2n) is 4.98. The van der Waals surface area contributed by atoms with Crippen LogP contribution in [0.25, 0.3) is 0 Å². The highest BCUT2D eigenvalue weighted by atomic mass is 16.5. The van der Waals surface area contributed by atoms with Crippen LogP contribution >= 0.6 is 0 Å². The maximum absolute atomic E-state index is 5.32. The molecule has 0 aliphatic carbocycles. The van der Waals surface area contributed by atoms with Crippen molar-refractivity contribution in [2.24, 2.45) is 0 Å². The quantitative estimate of drug-likeness (QED) is 0.841. The molecule has 0 radical (unpaired) electrons. The summed E-state index contributed by atoms with van der Waals surface area (Å²) in [6.07, 6.45) is 2.68. The van der Waals surface area contributed by atoms with E-state index < -0.39 is 0 Å². The van der Waals surface area contributed by atoms with Gasteiger partial charge in [-0.25, -0.2) is 0 Å². The molecule has 2 aliphatic heterocycles. The van der Waals surface area contributed by atoms with Crippen LogP contribution < -0.4 is 10.1 Å². The monoisotopic (exact) mass is 232 g/mol. The number of hydrogen-bond donors (Lipinski definition) is 1. The van der Waals surface area contributed by atoms with Gasteiger partial charge in [-0.1, -0.05) is 12.1 Å². The molecule has 0 amide bonds. The minimum Gasteiger partial charge on any atom is -0.497 e. The topological polar surface area (TPSA) is 24.5 Å². The third-order valence-corrected chi connectivity index (χ3v) is 4.02. The molecular weight excluding hydrogens is 212 g/mol. The van der Waals surface area contributed by atoms with Gasteiger partial charge in [-0.05, 0) is 37.1 Å². The molecule has 0 spiro atoms. The number of piperazine rings is 1. The van der Waals surface area contributed by atoms with E-state index in [0.29, 0.717) is 6.04 Å². The first-order valence-electron chi connectivity index (χ1n) is 6.49. The van der Waals surface area contributed by atoms with E-state index in [9.17, 15) is 0 Å². The maximum Gasteiger partial charge on any atom is 0.119 e. The highest BCUT2D eigenvalue weighted by Gasteiger charge is 2.34. The van der Waals surface area contributed by atoms with Crippen LogP contribution in [-0.2, 0) is 0 Å². The Morgan fingerprint density at radius 3 is 3.18 bits per heavy atom. The average molecular weight is 232 g/mol. The lowest BCUT2D eigenvalue weighted by atomic mass is 10.0. The van der Waals surface area contributed by atoms with Gasteiger partial charge in [0, 0.05) is 25.2 Å². The predicted octanol–water partition coefficient (Wildman–Crippen LogP) is 1.80. The van der Waals surface area contributed by atoms with E-state index in [0.717, 1.165) is 24.9 Å². The van der Waals surface area contributed by atoms with Crippen LogP contribution in [-0.4, -0.2) is 37.7 Å². The van der Waals surface area contributed by atoms with E-state index in [1.165, 1.54) is 24.9 Å². The Labute approximate surface area is 103 Å². The minimum atomic E-state index is 0.520. The van der Waals surface area contributed by atoms with E-state index in [2.05, 4.69) is 28.4 Å². The molecule has 1 aromatic carbocycles. The molecule has 2 saturated heterocycles. The zero-order valence-electron chi connectivity index (χ0n) is 10.4. The van der Waals surface area contributed by atoms with Gasteiger partial charge in [0.05, 0.1) is 7.11 Å². The Morgan fingerprint density at radius 1 is 1.35 bits per heavy atom. The maximum atomic E-state index is 5.32. The van der Waals surface area contributed by atoms with Crippen LogP contribution in [0.2, 0.25) is 0 Å². The standard InChI is InChI=1S/C14H20N2O/c1-17-13-6-2-4-11(8-13)14-10-15-9-12-5-3-7-16(12)14/h2,4,6,8,12,14-15H,3,5,7,9-10H2,1H3/t12-,14?/m0/s1. The molecule has 0 saturated carbocycles. The number of rotatable bonds is 2. The zero-order valence-corrected chi connectivity index (χ0v) is 10.4. The molecule has 1 aromatic rings. The van der Waals surface area contributed by atoms with Crippen molar-refractivity contribution in [2.75, 3.05) is 26.7 Å². The Balaban J connectivity index is 1.86. The molecule has 2 atom stereocenters. The van der Waals surface area contributed by atoms with Crippen molar-refractivity contribution in [3.8, 4) is 5.75 Å². The first-order chi connectivity index (χ1) is 8.38. The molecule has 0 bridgehead atoms. The Kier molecular flexibility index (Phi) is 3.04. The normalized spacial score (nSPS) is 29.0. The summed E-state index contributed by atoms with van der Waals surface area (Å²) in [5.74, 6) is 0.962. The summed E-state index contributed by atoms with van der Waals surface area (Å²) >= 11 is 0. The van der Waals surface area contributed by atoms with Crippen molar-refractivity contribution in [3.63, 3.8) is 0 Å². The van der Waals surface area contributed by atoms with Gasteiger partial charge < -0.3 is 10.1 Å². The number of nitrogens with zero attached hydrogens (tertiary/aromatic N) is 1. The van der Waals surface area contributed by atoms with Gasteiger partial charge in [0.25, 0.3) is 0 Å². The summed E-state index contributed by atoms with van der Waals surface area (Å²) in [5, 5.41) is 3.56. The van der Waals surface area contributed by atoms with E-state index in [1.807, 2.05) is 6.07 Å². The lowest BCUT2D eigenvalue weighted by Gasteiger charge is -2.38. The average Bonchev–Trinajstić information content (AvgIpc) is 2.87. The second-order valence-corrected chi connectivity index (χ2v) is 4.98. The summed E-state index contributed by atoms with van der Waals surface area (Å²) in [5.41, 5.74) is 1.38. The van der Waals surface area contributed by atoms with Gasteiger partial charge in [0.1, 0.15) is 5.75 Å². The molecule has 3 nitrogen and oxygen atoms in total. The largest absolute Gasteiger partial charge is 0.497 e. The van der Waals surface area contributed by atoms with Crippen LogP contribution in [0.5, 0.6) is 5.75 Å². The third-order valence-electron chi connectivity index (χ3n) is 4.02. The highest BCUT2D eigenvalue weighted by molar-refractivity contribution is 5.31. The van der Waals surface area contributed by atoms with Crippen molar-refractivity contribution in [2.45, 2.75) is 24.9 Å². The number of hydrogen-bond acceptors (Lipinski definition) is 3. The molecule has 2 heterocycles. The van der Waals surface area contributed by atoms with Gasteiger partial charge in [-0.2, -0.15) is 0 Å². The van der Waals surface area contributed by atoms with Crippen molar-refractivity contribution in [1.29, 1.82) is 0 Å². The van der Waals surface area contributed by atoms with Gasteiger partial charge >= 0.3 is 0 Å². The van der Waals surface area contributed by atoms with Crippen LogP contribution in [0.3, 0.4) is 0 Å². The Morgan fingerprint density at radius 2 is 2.29 bits per heavy atom. The minimum absolute atomic E-state index is 0.520. The smallest absolute Gasteiger partial charge is 0.119 e. The molecular formula is C14H20N2O. The van der Waals surface area contributed by atoms with Gasteiger partial charge in [-0.3, -0.25) is 4.90 Å². The fourth-order valence-corrected chi connectivity index (χ4v) is 3.15. The zero-order chi connectivity index (χ0) is 11.7. The molecule has 1 unspecified atom stereocenters. The lowest BCUT2D eigenvalue weighted by Crippen LogP contribution is -2.49. The first-order valence-corrected chi connectivity index (χ1v) is 6.49. The van der Waals surface area contributed by atoms with Crippen molar-refractivity contribution >= 4 is 0 Å². The fourth-order valence-electron chi connectivity index (χ4n) is 3.15. The summed E-state index contributed by atoms with van der Waals surface area (Å²) in [4.78, 5) is 2.66.